The van der Waals surface area contributed by atoms with Crippen LogP contribution in [-0.2, 0) is 9.59 Å². The summed E-state index contributed by atoms with van der Waals surface area (Å²) >= 11 is 1.48. The fraction of sp³-hybridized carbons (Fsp3) is 0.643. The smallest absolute Gasteiger partial charge is 0.310 e. The zero-order chi connectivity index (χ0) is 14.6. The van der Waals surface area contributed by atoms with Gasteiger partial charge in [0.05, 0.1) is 11.5 Å². The minimum absolute atomic E-state index is 0.0675. The number of aromatic nitrogens is 1. The van der Waals surface area contributed by atoms with Gasteiger partial charge in [-0.15, -0.1) is 11.3 Å². The molecule has 0 aromatic carbocycles. The number of carboxylic acids is 1. The molecular weight excluding hydrogens is 276 g/mol. The van der Waals surface area contributed by atoms with Crippen LogP contribution in [0.3, 0.4) is 0 Å². The third-order valence-electron chi connectivity index (χ3n) is 3.96. The summed E-state index contributed by atoms with van der Waals surface area (Å²) < 4.78 is 0. The predicted molar refractivity (Wildman–Crippen MR) is 76.4 cm³/mol. The minimum atomic E-state index is -0.870. The van der Waals surface area contributed by atoms with Crippen molar-refractivity contribution in [3.63, 3.8) is 0 Å². The number of amides is 1. The van der Waals surface area contributed by atoms with Gasteiger partial charge in [0.25, 0.3) is 0 Å². The Kier molecular flexibility index (Phi) is 4.75. The van der Waals surface area contributed by atoms with Crippen molar-refractivity contribution in [1.82, 2.24) is 10.3 Å². The third-order valence-corrected chi connectivity index (χ3v) is 4.92. The van der Waals surface area contributed by atoms with Crippen LogP contribution < -0.4 is 5.32 Å². The second kappa shape index (κ2) is 6.35. The minimum Gasteiger partial charge on any atom is -0.481 e. The van der Waals surface area contributed by atoms with Gasteiger partial charge in [0.15, 0.2) is 0 Å². The summed E-state index contributed by atoms with van der Waals surface area (Å²) in [7, 11) is 0. The number of rotatable bonds is 5. The van der Waals surface area contributed by atoms with Gasteiger partial charge >= 0.3 is 5.97 Å². The van der Waals surface area contributed by atoms with E-state index < -0.39 is 11.4 Å². The summed E-state index contributed by atoms with van der Waals surface area (Å²) in [6, 6.07) is -0.170. The van der Waals surface area contributed by atoms with E-state index in [1.165, 1.54) is 11.3 Å². The van der Waals surface area contributed by atoms with Crippen molar-refractivity contribution in [2.75, 3.05) is 0 Å². The van der Waals surface area contributed by atoms with Gasteiger partial charge in [-0.3, -0.25) is 9.59 Å². The zero-order valence-electron chi connectivity index (χ0n) is 11.6. The van der Waals surface area contributed by atoms with E-state index in [2.05, 4.69) is 10.3 Å². The molecule has 0 saturated heterocycles. The van der Waals surface area contributed by atoms with Crippen LogP contribution in [0.1, 0.15) is 56.5 Å². The summed E-state index contributed by atoms with van der Waals surface area (Å²) in [5.41, 5.74) is -0.870. The fourth-order valence-electron chi connectivity index (χ4n) is 2.80. The molecule has 0 aliphatic heterocycles. The van der Waals surface area contributed by atoms with Crippen LogP contribution in [0.25, 0.3) is 0 Å². The molecule has 1 aromatic heterocycles. The van der Waals surface area contributed by atoms with Gasteiger partial charge in [-0.05, 0) is 19.8 Å². The van der Waals surface area contributed by atoms with Crippen LogP contribution >= 0.6 is 11.3 Å². The Morgan fingerprint density at radius 3 is 2.70 bits per heavy atom. The lowest BCUT2D eigenvalue weighted by molar-refractivity contribution is -0.154. The van der Waals surface area contributed by atoms with Crippen LogP contribution in [-0.4, -0.2) is 22.0 Å². The molecule has 1 heterocycles. The molecule has 1 amide bonds. The first-order chi connectivity index (χ1) is 9.53. The van der Waals surface area contributed by atoms with E-state index >= 15 is 0 Å². The SMILES string of the molecule is CC(NC(=O)CC1(C(=O)O)CCCCC1)c1nccs1. The molecule has 1 aliphatic rings. The summed E-state index contributed by atoms with van der Waals surface area (Å²) in [6.07, 6.45) is 5.80. The molecule has 5 nitrogen and oxygen atoms in total. The van der Waals surface area contributed by atoms with Crippen molar-refractivity contribution in [1.29, 1.82) is 0 Å². The Morgan fingerprint density at radius 1 is 1.45 bits per heavy atom. The lowest BCUT2D eigenvalue weighted by atomic mass is 9.71. The standard InChI is InChI=1S/C14H20N2O3S/c1-10(12-15-7-8-20-12)16-11(17)9-14(13(18)19)5-3-2-4-6-14/h7-8,10H,2-6,9H2,1H3,(H,16,17)(H,18,19). The number of carbonyl (C=O) groups excluding carboxylic acids is 1. The van der Waals surface area contributed by atoms with E-state index in [4.69, 9.17) is 0 Å². The molecule has 6 heteroatoms. The largest absolute Gasteiger partial charge is 0.481 e. The van der Waals surface area contributed by atoms with Crippen LogP contribution in [0.5, 0.6) is 0 Å². The molecule has 1 saturated carbocycles. The number of nitrogens with one attached hydrogen (secondary N) is 1. The molecule has 1 aromatic rings. The van der Waals surface area contributed by atoms with E-state index in [1.807, 2.05) is 12.3 Å². The summed E-state index contributed by atoms with van der Waals surface area (Å²) in [5.74, 6) is -1.04. The van der Waals surface area contributed by atoms with Gasteiger partial charge in [-0.25, -0.2) is 4.98 Å². The quantitative estimate of drug-likeness (QED) is 0.875. The van der Waals surface area contributed by atoms with Crippen molar-refractivity contribution in [2.45, 2.75) is 51.5 Å². The molecule has 0 spiro atoms. The summed E-state index contributed by atoms with van der Waals surface area (Å²) in [4.78, 5) is 27.8. The first-order valence-electron chi connectivity index (χ1n) is 6.96. The van der Waals surface area contributed by atoms with Crippen molar-refractivity contribution in [2.24, 2.45) is 5.41 Å². The highest BCUT2D eigenvalue weighted by Crippen LogP contribution is 2.39. The third kappa shape index (κ3) is 3.36. The van der Waals surface area contributed by atoms with E-state index in [9.17, 15) is 14.7 Å². The Bertz CT molecular complexity index is 467. The van der Waals surface area contributed by atoms with Gasteiger partial charge in [-0.1, -0.05) is 19.3 Å². The monoisotopic (exact) mass is 296 g/mol. The lowest BCUT2D eigenvalue weighted by Crippen LogP contribution is -2.39. The number of hydrogen-bond acceptors (Lipinski definition) is 4. The van der Waals surface area contributed by atoms with Gasteiger partial charge in [0.2, 0.25) is 5.91 Å². The summed E-state index contributed by atoms with van der Waals surface area (Å²) in [6.45, 7) is 1.87. The maximum Gasteiger partial charge on any atom is 0.310 e. The number of thiazole rings is 1. The van der Waals surface area contributed by atoms with Crippen molar-refractivity contribution < 1.29 is 14.7 Å². The molecule has 20 heavy (non-hydrogen) atoms. The average Bonchev–Trinajstić information content (AvgIpc) is 2.93. The second-order valence-corrected chi connectivity index (χ2v) is 6.41. The van der Waals surface area contributed by atoms with E-state index in [0.29, 0.717) is 12.8 Å². The Balaban J connectivity index is 1.97. The first kappa shape index (κ1) is 15.0. The molecule has 1 fully saturated rings. The second-order valence-electron chi connectivity index (χ2n) is 5.48. The Hall–Kier alpha value is -1.43. The van der Waals surface area contributed by atoms with E-state index in [1.54, 1.807) is 6.20 Å². The fourth-order valence-corrected chi connectivity index (χ4v) is 3.45. The van der Waals surface area contributed by atoms with Crippen LogP contribution in [0, 0.1) is 5.41 Å². The van der Waals surface area contributed by atoms with Crippen molar-refractivity contribution in [3.05, 3.63) is 16.6 Å². The highest BCUT2D eigenvalue weighted by Gasteiger charge is 2.41. The molecule has 110 valence electrons. The lowest BCUT2D eigenvalue weighted by Gasteiger charge is -2.32. The number of aliphatic carboxylic acids is 1. The van der Waals surface area contributed by atoms with Crippen molar-refractivity contribution >= 4 is 23.2 Å². The van der Waals surface area contributed by atoms with Gasteiger partial charge < -0.3 is 10.4 Å². The highest BCUT2D eigenvalue weighted by molar-refractivity contribution is 7.09. The van der Waals surface area contributed by atoms with Crippen molar-refractivity contribution in [3.8, 4) is 0 Å². The molecule has 1 atom stereocenters. The molecule has 0 radical (unpaired) electrons. The molecule has 1 unspecified atom stereocenters. The average molecular weight is 296 g/mol. The molecule has 0 bridgehead atoms. The maximum atomic E-state index is 12.1. The molecular formula is C14H20N2O3S. The van der Waals surface area contributed by atoms with Crippen LogP contribution in [0.15, 0.2) is 11.6 Å². The number of nitrogens with zero attached hydrogens (tertiary/aromatic N) is 1. The molecule has 1 aliphatic carbocycles. The summed E-state index contributed by atoms with van der Waals surface area (Å²) in [5, 5.41) is 15.0. The Labute approximate surface area is 122 Å². The first-order valence-corrected chi connectivity index (χ1v) is 7.84. The maximum absolute atomic E-state index is 12.1. The Morgan fingerprint density at radius 2 is 2.15 bits per heavy atom. The predicted octanol–water partition coefficient (Wildman–Crippen LogP) is 2.75. The zero-order valence-corrected chi connectivity index (χ0v) is 12.4. The number of carboxylic acid groups (broad SMARTS) is 1. The normalized spacial score (nSPS) is 19.2. The highest BCUT2D eigenvalue weighted by atomic mass is 32.1. The molecule has 2 rings (SSSR count). The van der Waals surface area contributed by atoms with E-state index in [0.717, 1.165) is 24.3 Å². The van der Waals surface area contributed by atoms with Gasteiger partial charge in [-0.2, -0.15) is 0 Å². The van der Waals surface area contributed by atoms with Gasteiger partial charge in [0.1, 0.15) is 5.01 Å². The van der Waals surface area contributed by atoms with Crippen LogP contribution in [0.4, 0.5) is 0 Å². The number of hydrogen-bond donors (Lipinski definition) is 2. The van der Waals surface area contributed by atoms with Gasteiger partial charge in [0, 0.05) is 18.0 Å². The molecule has 2 N–H and O–H groups in total. The number of carbonyl (C=O) groups is 2. The van der Waals surface area contributed by atoms with Crippen LogP contribution in [0.2, 0.25) is 0 Å². The topological polar surface area (TPSA) is 79.3 Å². The van der Waals surface area contributed by atoms with E-state index in [-0.39, 0.29) is 18.4 Å².